The molecule has 0 bridgehead atoms. The smallest absolute Gasteiger partial charge is 0.330 e. The number of nitrogens with one attached hydrogen (secondary N) is 3. The Kier molecular flexibility index (Phi) is 57.4. The molecule has 0 heterocycles. The lowest BCUT2D eigenvalue weighted by molar-refractivity contribution is -0.137. The summed E-state index contributed by atoms with van der Waals surface area (Å²) in [5.74, 6) is -0.359. The first-order chi connectivity index (χ1) is 7.55. The molecule has 0 amide bonds. The number of hydrogen-bond donors (Lipinski definition) is 3. The van der Waals surface area contributed by atoms with Crippen LogP contribution in [0.5, 0.6) is 0 Å². The number of isocyanates is 3. The van der Waals surface area contributed by atoms with Crippen LogP contribution in [0.2, 0.25) is 0 Å². The van der Waals surface area contributed by atoms with E-state index >= 15 is 0 Å². The largest absolute Gasteiger partial charge is 0.463 e. The summed E-state index contributed by atoms with van der Waals surface area (Å²) < 4.78 is 4.43. The lowest BCUT2D eigenvalue weighted by Crippen LogP contribution is -1.97. The zero-order chi connectivity index (χ0) is 13.8. The Morgan fingerprint density at radius 2 is 1.44 bits per heavy atom. The zero-order valence-corrected chi connectivity index (χ0v) is 8.53. The molecule has 0 radical (unpaired) electrons. The molecule has 0 aromatic rings. The monoisotopic (exact) mass is 229 g/mol. The van der Waals surface area contributed by atoms with Gasteiger partial charge in [0, 0.05) is 6.08 Å². The van der Waals surface area contributed by atoms with Crippen LogP contribution in [0.4, 0.5) is 0 Å². The number of hydrogen-bond acceptors (Lipinski definition) is 8. The molecule has 0 aromatic heterocycles. The van der Waals surface area contributed by atoms with Crippen LogP contribution in [0.15, 0.2) is 12.7 Å². The van der Waals surface area contributed by atoms with Crippen LogP contribution in [-0.4, -0.2) is 30.8 Å². The predicted molar refractivity (Wildman–Crippen MR) is 52.1 cm³/mol. The van der Waals surface area contributed by atoms with Gasteiger partial charge in [0.05, 0.1) is 6.61 Å². The van der Waals surface area contributed by atoms with Crippen LogP contribution in [0.1, 0.15) is 6.92 Å². The summed E-state index contributed by atoms with van der Waals surface area (Å²) in [4.78, 5) is 35.1. The fraction of sp³-hybridized carbons (Fsp3) is 0.250. The first-order valence-corrected chi connectivity index (χ1v) is 3.46. The fourth-order valence-electron chi connectivity index (χ4n) is 0.201. The highest BCUT2D eigenvalue weighted by atomic mass is 16.5. The summed E-state index contributed by atoms with van der Waals surface area (Å²) in [7, 11) is 0. The van der Waals surface area contributed by atoms with Gasteiger partial charge in [0.15, 0.2) is 0 Å². The van der Waals surface area contributed by atoms with Gasteiger partial charge in [0.25, 0.3) is 0 Å². The van der Waals surface area contributed by atoms with Gasteiger partial charge in [0.1, 0.15) is 0 Å². The topological polar surface area (TPSA) is 149 Å². The number of carbonyl (C=O) groups is 1. The normalized spacial score (nSPS) is 4.81. The van der Waals surface area contributed by atoms with Gasteiger partial charge in [-0.25, -0.2) is 35.4 Å². The Labute approximate surface area is 91.4 Å². The van der Waals surface area contributed by atoms with Gasteiger partial charge in [-0.1, -0.05) is 6.58 Å². The maximum absolute atomic E-state index is 10.1. The van der Waals surface area contributed by atoms with E-state index in [0.717, 1.165) is 24.3 Å². The minimum atomic E-state index is -0.359. The van der Waals surface area contributed by atoms with E-state index in [1.807, 2.05) is 0 Å². The molecule has 0 rings (SSSR count). The molecule has 0 aliphatic heterocycles. The van der Waals surface area contributed by atoms with Gasteiger partial charge >= 0.3 is 5.97 Å². The van der Waals surface area contributed by atoms with Gasteiger partial charge in [-0.15, -0.1) is 0 Å². The van der Waals surface area contributed by atoms with E-state index in [2.05, 4.69) is 11.3 Å². The maximum Gasteiger partial charge on any atom is 0.330 e. The molecular formula is C8H11N3O5. The average Bonchev–Trinajstić information content (AvgIpc) is 2.21. The van der Waals surface area contributed by atoms with Crippen molar-refractivity contribution in [3.05, 3.63) is 12.7 Å². The summed E-state index contributed by atoms with van der Waals surface area (Å²) in [6.45, 7) is 5.38. The van der Waals surface area contributed by atoms with Crippen molar-refractivity contribution < 1.29 is 23.9 Å². The molecule has 8 heteroatoms. The molecule has 3 N–H and O–H groups in total. The van der Waals surface area contributed by atoms with E-state index in [-0.39, 0.29) is 5.97 Å². The standard InChI is InChI=1S/C5H8O2.3CHNO/c1-3-5(6)7-4-2;3*2-1-3/h3H,1,4H2,2H3;3*2H. The first kappa shape index (κ1) is 23.3. The lowest BCUT2D eigenvalue weighted by atomic mass is 10.6. The highest BCUT2D eigenvalue weighted by Crippen LogP contribution is 1.74. The lowest BCUT2D eigenvalue weighted by Gasteiger charge is -1.90. The second-order valence-corrected chi connectivity index (χ2v) is 1.26. The van der Waals surface area contributed by atoms with Crippen molar-refractivity contribution in [2.24, 2.45) is 0 Å². The van der Waals surface area contributed by atoms with Crippen LogP contribution in [-0.2, 0) is 23.9 Å². The third-order valence-corrected chi connectivity index (χ3v) is 0.453. The van der Waals surface area contributed by atoms with Crippen molar-refractivity contribution in [2.75, 3.05) is 6.61 Å². The molecule has 0 unspecified atom stereocenters. The Hall–Kier alpha value is -2.65. The van der Waals surface area contributed by atoms with E-state index < -0.39 is 0 Å². The first-order valence-electron chi connectivity index (χ1n) is 3.46. The summed E-state index contributed by atoms with van der Waals surface area (Å²) in [5.41, 5.74) is 0. The molecule has 16 heavy (non-hydrogen) atoms. The third-order valence-electron chi connectivity index (χ3n) is 0.453. The van der Waals surface area contributed by atoms with Gasteiger partial charge < -0.3 is 4.74 Å². The van der Waals surface area contributed by atoms with E-state index in [1.165, 1.54) is 0 Å². The highest BCUT2D eigenvalue weighted by Gasteiger charge is 1.86. The van der Waals surface area contributed by atoms with Crippen LogP contribution >= 0.6 is 0 Å². The predicted octanol–water partition coefficient (Wildman–Crippen LogP) is 0.438. The molecule has 0 aliphatic carbocycles. The Bertz CT molecular complexity index is 241. The Morgan fingerprint density at radius 3 is 1.50 bits per heavy atom. The molecule has 0 aromatic carbocycles. The van der Waals surface area contributed by atoms with E-state index in [0.29, 0.717) is 6.61 Å². The second kappa shape index (κ2) is 39.5. The number of carbonyl (C=O) groups excluding carboxylic acids is 4. The molecular weight excluding hydrogens is 218 g/mol. The Morgan fingerprint density at radius 1 is 1.19 bits per heavy atom. The van der Waals surface area contributed by atoms with E-state index in [9.17, 15) is 4.79 Å². The SMILES string of the molecule is C=CC(=O)OCC.N=C=O.N=C=O.N=C=O. The van der Waals surface area contributed by atoms with Crippen molar-refractivity contribution >= 4 is 24.2 Å². The summed E-state index contributed by atoms with van der Waals surface area (Å²) in [6.07, 6.45) is 3.39. The molecule has 0 saturated heterocycles. The molecule has 88 valence electrons. The summed E-state index contributed by atoms with van der Waals surface area (Å²) in [6, 6.07) is 0. The number of ether oxygens (including phenoxy) is 1. The molecule has 0 fully saturated rings. The van der Waals surface area contributed by atoms with E-state index in [4.69, 9.17) is 30.6 Å². The molecule has 0 aliphatic rings. The number of rotatable bonds is 2. The molecule has 0 atom stereocenters. The zero-order valence-electron chi connectivity index (χ0n) is 8.53. The quantitative estimate of drug-likeness (QED) is 0.271. The van der Waals surface area contributed by atoms with Gasteiger partial charge in [-0.05, 0) is 6.92 Å². The minimum absolute atomic E-state index is 0.359. The summed E-state index contributed by atoms with van der Waals surface area (Å²) >= 11 is 0. The maximum atomic E-state index is 10.1. The van der Waals surface area contributed by atoms with Crippen LogP contribution in [0.3, 0.4) is 0 Å². The van der Waals surface area contributed by atoms with Crippen molar-refractivity contribution in [3.8, 4) is 0 Å². The molecule has 8 nitrogen and oxygen atoms in total. The molecule has 0 saturated carbocycles. The Balaban J connectivity index is -0.0000000677. The highest BCUT2D eigenvalue weighted by molar-refractivity contribution is 5.81. The fourth-order valence-corrected chi connectivity index (χ4v) is 0.201. The van der Waals surface area contributed by atoms with Crippen molar-refractivity contribution in [1.29, 1.82) is 16.2 Å². The van der Waals surface area contributed by atoms with Crippen molar-refractivity contribution in [1.82, 2.24) is 0 Å². The van der Waals surface area contributed by atoms with Gasteiger partial charge in [-0.3, -0.25) is 0 Å². The van der Waals surface area contributed by atoms with Gasteiger partial charge in [-0.2, -0.15) is 0 Å². The molecule has 0 spiro atoms. The van der Waals surface area contributed by atoms with Crippen LogP contribution in [0.25, 0.3) is 0 Å². The second-order valence-electron chi connectivity index (χ2n) is 1.26. The van der Waals surface area contributed by atoms with Gasteiger partial charge in [0.2, 0.25) is 18.2 Å². The van der Waals surface area contributed by atoms with Crippen molar-refractivity contribution in [2.45, 2.75) is 6.92 Å². The van der Waals surface area contributed by atoms with E-state index in [1.54, 1.807) is 6.92 Å². The minimum Gasteiger partial charge on any atom is -0.463 e. The van der Waals surface area contributed by atoms with Crippen LogP contribution in [0, 0.1) is 16.2 Å². The number of esters is 1. The third kappa shape index (κ3) is 220. The van der Waals surface area contributed by atoms with Crippen molar-refractivity contribution in [3.63, 3.8) is 0 Å². The average molecular weight is 229 g/mol. The summed E-state index contributed by atoms with van der Waals surface area (Å²) in [5, 5.41) is 16.2. The van der Waals surface area contributed by atoms with Crippen LogP contribution < -0.4 is 0 Å².